The van der Waals surface area contributed by atoms with Gasteiger partial charge in [0.05, 0.1) is 33.4 Å². The fourth-order valence-electron chi connectivity index (χ4n) is 3.69. The number of benzene rings is 2. The lowest BCUT2D eigenvalue weighted by atomic mass is 10.1. The van der Waals surface area contributed by atoms with Crippen LogP contribution in [-0.2, 0) is 10.0 Å². The zero-order valence-electron chi connectivity index (χ0n) is 21.2. The molecule has 200 valence electrons. The van der Waals surface area contributed by atoms with Crippen molar-refractivity contribution in [1.29, 1.82) is 0 Å². The second kappa shape index (κ2) is 10.7. The van der Waals surface area contributed by atoms with Gasteiger partial charge in [-0.3, -0.25) is 10.0 Å². The van der Waals surface area contributed by atoms with Crippen molar-refractivity contribution in [2.45, 2.75) is 19.8 Å². The van der Waals surface area contributed by atoms with E-state index in [2.05, 4.69) is 25.3 Å². The number of carbonyl (C=O) groups excluding carboxylic acids is 1. The molecule has 0 aliphatic heterocycles. The zero-order chi connectivity index (χ0) is 27.6. The average Bonchev–Trinajstić information content (AvgIpc) is 3.51. The first kappa shape index (κ1) is 26.1. The Morgan fingerprint density at radius 1 is 0.974 bits per heavy atom. The Hall–Kier alpha value is -4.49. The van der Waals surface area contributed by atoms with Crippen molar-refractivity contribution >= 4 is 54.9 Å². The van der Waals surface area contributed by atoms with Gasteiger partial charge in [-0.05, 0) is 54.4 Å². The lowest BCUT2D eigenvalue weighted by molar-refractivity contribution is 0.262. The quantitative estimate of drug-likeness (QED) is 0.216. The molecule has 0 aliphatic carbocycles. The molecule has 0 radical (unpaired) electrons. The summed E-state index contributed by atoms with van der Waals surface area (Å²) in [6, 6.07) is 17.1. The first-order valence-electron chi connectivity index (χ1n) is 11.9. The van der Waals surface area contributed by atoms with Crippen LogP contribution in [0.15, 0.2) is 72.4 Å². The van der Waals surface area contributed by atoms with Gasteiger partial charge in [0.15, 0.2) is 0 Å². The Morgan fingerprint density at radius 3 is 2.51 bits per heavy atom. The number of sulfonamides is 1. The highest BCUT2D eigenvalue weighted by Crippen LogP contribution is 2.27. The van der Waals surface area contributed by atoms with Gasteiger partial charge in [0.25, 0.3) is 0 Å². The molecule has 3 aromatic heterocycles. The number of hydrogen-bond donors (Lipinski definition) is 3. The number of rotatable bonds is 8. The number of carbonyl (C=O) groups is 1. The maximum Gasteiger partial charge on any atom is 0.324 e. The summed E-state index contributed by atoms with van der Waals surface area (Å²) in [7, 11) is -3.46. The highest BCUT2D eigenvalue weighted by atomic mass is 32.2. The second-order valence-electron chi connectivity index (χ2n) is 8.98. The second-order valence-corrected chi connectivity index (χ2v) is 11.6. The Balaban J connectivity index is 1.27. The predicted octanol–water partition coefficient (Wildman–Crippen LogP) is 5.81. The van der Waals surface area contributed by atoms with Crippen molar-refractivity contribution in [3.63, 3.8) is 0 Å². The lowest BCUT2D eigenvalue weighted by Gasteiger charge is -2.11. The molecule has 0 atom stereocenters. The maximum absolute atomic E-state index is 12.9. The minimum atomic E-state index is -3.46. The van der Waals surface area contributed by atoms with Crippen LogP contribution in [-0.4, -0.2) is 40.5 Å². The van der Waals surface area contributed by atoms with E-state index in [-0.39, 0.29) is 11.7 Å². The van der Waals surface area contributed by atoms with Crippen molar-refractivity contribution in [2.24, 2.45) is 0 Å². The van der Waals surface area contributed by atoms with Gasteiger partial charge >= 0.3 is 6.03 Å². The van der Waals surface area contributed by atoms with E-state index >= 15 is 0 Å². The number of anilines is 3. The van der Waals surface area contributed by atoms with Gasteiger partial charge in [-0.1, -0.05) is 13.8 Å². The van der Waals surface area contributed by atoms with Crippen LogP contribution in [0, 0.1) is 0 Å². The number of ether oxygens (including phenoxy) is 1. The standard InChI is InChI=1S/C26H25N7O4S2/c1-16(2)21-14-25(33(31-21)18-6-9-23-22(12-18)28-15-38-23)30-26(34)29-17-4-7-19(8-5-17)37-20-10-11-27-24(13-20)32-39(3,35)36/h4-16H,1-3H3,(H,27,32)(H2,29,30,34). The molecular formula is C26H25N7O4S2. The van der Waals surface area contributed by atoms with Crippen LogP contribution in [0.1, 0.15) is 25.5 Å². The van der Waals surface area contributed by atoms with E-state index in [1.165, 1.54) is 12.3 Å². The molecule has 2 amide bonds. The molecule has 0 saturated carbocycles. The molecule has 0 unspecified atom stereocenters. The van der Waals surface area contributed by atoms with E-state index < -0.39 is 16.1 Å². The molecule has 0 spiro atoms. The number of pyridine rings is 1. The van der Waals surface area contributed by atoms with Crippen molar-refractivity contribution in [2.75, 3.05) is 21.6 Å². The van der Waals surface area contributed by atoms with Crippen molar-refractivity contribution in [3.8, 4) is 17.2 Å². The van der Waals surface area contributed by atoms with E-state index in [0.717, 1.165) is 27.9 Å². The van der Waals surface area contributed by atoms with E-state index in [1.54, 1.807) is 51.9 Å². The summed E-state index contributed by atoms with van der Waals surface area (Å²) >= 11 is 1.56. The van der Waals surface area contributed by atoms with Crippen LogP contribution in [0.5, 0.6) is 11.5 Å². The van der Waals surface area contributed by atoms with Crippen LogP contribution in [0.25, 0.3) is 15.9 Å². The Kier molecular flexibility index (Phi) is 7.17. The van der Waals surface area contributed by atoms with E-state index in [1.807, 2.05) is 38.1 Å². The van der Waals surface area contributed by atoms with Crippen LogP contribution in [0.3, 0.4) is 0 Å². The van der Waals surface area contributed by atoms with Gasteiger partial charge in [0.1, 0.15) is 23.1 Å². The molecule has 0 bridgehead atoms. The van der Waals surface area contributed by atoms with Crippen LogP contribution in [0.2, 0.25) is 0 Å². The summed E-state index contributed by atoms with van der Waals surface area (Å²) in [5.74, 6) is 1.75. The van der Waals surface area contributed by atoms with E-state index in [4.69, 9.17) is 9.84 Å². The molecule has 0 fully saturated rings. The molecule has 2 aromatic carbocycles. The number of nitrogens with zero attached hydrogens (tertiary/aromatic N) is 4. The Bertz CT molecular complexity index is 1750. The zero-order valence-corrected chi connectivity index (χ0v) is 22.9. The third-order valence-corrected chi connectivity index (χ3v) is 6.88. The number of aromatic nitrogens is 4. The number of urea groups is 1. The summed E-state index contributed by atoms with van der Waals surface area (Å²) in [6.07, 6.45) is 2.48. The normalized spacial score (nSPS) is 11.5. The molecule has 3 heterocycles. The molecule has 11 nitrogen and oxygen atoms in total. The number of hydrogen-bond acceptors (Lipinski definition) is 8. The van der Waals surface area contributed by atoms with Crippen molar-refractivity contribution < 1.29 is 17.9 Å². The molecule has 13 heteroatoms. The van der Waals surface area contributed by atoms with Crippen molar-refractivity contribution in [3.05, 3.63) is 78.1 Å². The third-order valence-electron chi connectivity index (χ3n) is 5.49. The first-order chi connectivity index (χ1) is 18.6. The fraction of sp³-hybridized carbons (Fsp3) is 0.154. The van der Waals surface area contributed by atoms with E-state index in [0.29, 0.717) is 23.0 Å². The molecule has 5 aromatic rings. The van der Waals surface area contributed by atoms with Crippen LogP contribution >= 0.6 is 11.3 Å². The highest BCUT2D eigenvalue weighted by molar-refractivity contribution is 7.92. The lowest BCUT2D eigenvalue weighted by Crippen LogP contribution is -2.21. The summed E-state index contributed by atoms with van der Waals surface area (Å²) in [4.78, 5) is 21.2. The summed E-state index contributed by atoms with van der Waals surface area (Å²) in [6.45, 7) is 4.08. The van der Waals surface area contributed by atoms with Gasteiger partial charge < -0.3 is 10.1 Å². The van der Waals surface area contributed by atoms with Crippen LogP contribution in [0.4, 0.5) is 22.1 Å². The molecule has 5 rings (SSSR count). The SMILES string of the molecule is CC(C)c1cc(NC(=O)Nc2ccc(Oc3ccnc(NS(C)(=O)=O)c3)cc2)n(-c2ccc3scnc3c2)n1. The molecular weight excluding hydrogens is 538 g/mol. The summed E-state index contributed by atoms with van der Waals surface area (Å²) < 4.78 is 33.7. The van der Waals surface area contributed by atoms with Gasteiger partial charge in [-0.15, -0.1) is 11.3 Å². The predicted molar refractivity (Wildman–Crippen MR) is 153 cm³/mol. The Labute approximate surface area is 228 Å². The minimum absolute atomic E-state index is 0.149. The average molecular weight is 564 g/mol. The van der Waals surface area contributed by atoms with Gasteiger partial charge in [0, 0.05) is 24.0 Å². The highest BCUT2D eigenvalue weighted by Gasteiger charge is 2.15. The fourth-order valence-corrected chi connectivity index (χ4v) is 4.84. The van der Waals surface area contributed by atoms with Crippen molar-refractivity contribution in [1.82, 2.24) is 19.7 Å². The number of amides is 2. The largest absolute Gasteiger partial charge is 0.457 e. The van der Waals surface area contributed by atoms with Gasteiger partial charge in [-0.2, -0.15) is 5.10 Å². The van der Waals surface area contributed by atoms with E-state index in [9.17, 15) is 13.2 Å². The topological polar surface area (TPSA) is 140 Å². The molecule has 0 saturated heterocycles. The number of fused-ring (bicyclic) bond motifs is 1. The van der Waals surface area contributed by atoms with Gasteiger partial charge in [-0.25, -0.2) is 27.9 Å². The third kappa shape index (κ3) is 6.51. The summed E-state index contributed by atoms with van der Waals surface area (Å²) in [5.41, 5.74) is 4.85. The molecule has 39 heavy (non-hydrogen) atoms. The first-order valence-corrected chi connectivity index (χ1v) is 14.6. The Morgan fingerprint density at radius 2 is 1.77 bits per heavy atom. The van der Waals surface area contributed by atoms with Gasteiger partial charge in [0.2, 0.25) is 10.0 Å². The molecule has 3 N–H and O–H groups in total. The smallest absolute Gasteiger partial charge is 0.324 e. The summed E-state index contributed by atoms with van der Waals surface area (Å²) in [5, 5.41) is 10.4. The maximum atomic E-state index is 12.9. The minimum Gasteiger partial charge on any atom is -0.457 e. The number of nitrogens with one attached hydrogen (secondary N) is 3. The molecule has 0 aliphatic rings. The number of thiazole rings is 1. The monoisotopic (exact) mass is 563 g/mol. The van der Waals surface area contributed by atoms with Crippen LogP contribution < -0.4 is 20.1 Å².